The van der Waals surface area contributed by atoms with Crippen molar-refractivity contribution in [2.24, 2.45) is 0 Å². The summed E-state index contributed by atoms with van der Waals surface area (Å²) in [5, 5.41) is 0. The Balaban J connectivity index is -0.0000000800. The molecule has 0 heterocycles. The minimum absolute atomic E-state index is 0. The zero-order valence-electron chi connectivity index (χ0n) is 3.48. The molecule has 38 valence electrons. The van der Waals surface area contributed by atoms with E-state index < -0.39 is 0 Å². The van der Waals surface area contributed by atoms with Gasteiger partial charge in [-0.05, 0) is 0 Å². The summed E-state index contributed by atoms with van der Waals surface area (Å²) in [6.45, 7) is 6.51. The van der Waals surface area contributed by atoms with E-state index in [2.05, 4.69) is 17.9 Å². The average Bonchev–Trinajstić information content (AvgIpc) is 1.41. The Hall–Kier alpha value is 0.240. The van der Waals surface area contributed by atoms with Crippen LogP contribution in [0.1, 0.15) is 0 Å². The molecular formula is C4H9NaO2. The van der Waals surface area contributed by atoms with E-state index in [9.17, 15) is 0 Å². The molecule has 0 aromatic heterocycles. The van der Waals surface area contributed by atoms with Crippen LogP contribution < -0.4 is 0 Å². The van der Waals surface area contributed by atoms with Crippen LogP contribution in [0, 0.1) is 0 Å². The van der Waals surface area contributed by atoms with Crippen molar-refractivity contribution >= 4 is 29.6 Å². The predicted octanol–water partition coefficient (Wildman–Crippen LogP) is -0.183. The van der Waals surface area contributed by atoms with Crippen molar-refractivity contribution in [3.8, 4) is 0 Å². The van der Waals surface area contributed by atoms with Gasteiger partial charge in [0.2, 0.25) is 0 Å². The fraction of sp³-hybridized carbons (Fsp3) is 0. The second-order valence-electron chi connectivity index (χ2n) is 0.469. The van der Waals surface area contributed by atoms with E-state index in [4.69, 9.17) is 0 Å². The molecule has 0 spiro atoms. The summed E-state index contributed by atoms with van der Waals surface area (Å²) in [6.07, 6.45) is 2.62. The van der Waals surface area contributed by atoms with Gasteiger partial charge >= 0.3 is 29.6 Å². The molecule has 2 nitrogen and oxygen atoms in total. The van der Waals surface area contributed by atoms with Gasteiger partial charge < -0.3 is 10.2 Å². The van der Waals surface area contributed by atoms with Gasteiger partial charge in [-0.15, -0.1) is 0 Å². The molecule has 7 heavy (non-hydrogen) atoms. The third kappa shape index (κ3) is 22.4. The van der Waals surface area contributed by atoms with Crippen LogP contribution in [0.25, 0.3) is 0 Å². The maximum atomic E-state index is 4.36. The average molecular weight is 112 g/mol. The van der Waals surface area contributed by atoms with Crippen molar-refractivity contribution in [1.29, 1.82) is 0 Å². The summed E-state index contributed by atoms with van der Waals surface area (Å²) in [7, 11) is 0. The van der Waals surface area contributed by atoms with E-state index in [0.29, 0.717) is 0 Å². The molecule has 2 N–H and O–H groups in total. The first-order chi connectivity index (χ1) is 2.41. The predicted molar refractivity (Wildman–Crippen MR) is 32.2 cm³/mol. The molecule has 0 aromatic rings. The van der Waals surface area contributed by atoms with Gasteiger partial charge in [-0.1, -0.05) is 13.2 Å². The van der Waals surface area contributed by atoms with E-state index in [1.807, 2.05) is 0 Å². The van der Waals surface area contributed by atoms with Crippen LogP contribution in [0.3, 0.4) is 0 Å². The van der Waals surface area contributed by atoms with E-state index in [1.54, 1.807) is 0 Å². The molecule has 0 bridgehead atoms. The Morgan fingerprint density at radius 1 is 1.14 bits per heavy atom. The van der Waals surface area contributed by atoms with Crippen molar-refractivity contribution in [1.82, 2.24) is 0 Å². The van der Waals surface area contributed by atoms with Crippen LogP contribution in [0.4, 0.5) is 0 Å². The van der Waals surface area contributed by atoms with Gasteiger partial charge in [0.25, 0.3) is 0 Å². The van der Waals surface area contributed by atoms with Gasteiger partial charge in [0.15, 0.2) is 0 Å². The van der Waals surface area contributed by atoms with E-state index in [-0.39, 0.29) is 35.0 Å². The first kappa shape index (κ1) is 15.7. The van der Waals surface area contributed by atoms with Crippen molar-refractivity contribution in [2.45, 2.75) is 0 Å². The van der Waals surface area contributed by atoms with Gasteiger partial charge in [0.05, 0.1) is 12.5 Å². The summed E-state index contributed by atoms with van der Waals surface area (Å²) in [6, 6.07) is 0. The molecule has 0 saturated heterocycles. The SMILES string of the molecule is C=COC=C.O.[NaH]. The third-order valence-corrected chi connectivity index (χ3v) is 0.192. The first-order valence-corrected chi connectivity index (χ1v) is 1.29. The van der Waals surface area contributed by atoms with E-state index >= 15 is 0 Å². The summed E-state index contributed by atoms with van der Waals surface area (Å²) < 4.78 is 4.36. The summed E-state index contributed by atoms with van der Waals surface area (Å²) in [4.78, 5) is 0. The Labute approximate surface area is 65.5 Å². The molecule has 0 aliphatic rings. The number of rotatable bonds is 2. The molecule has 0 atom stereocenters. The Morgan fingerprint density at radius 2 is 1.43 bits per heavy atom. The molecule has 3 heteroatoms. The van der Waals surface area contributed by atoms with Gasteiger partial charge in [-0.2, -0.15) is 0 Å². The quantitative estimate of drug-likeness (QED) is 0.360. The summed E-state index contributed by atoms with van der Waals surface area (Å²) in [5.74, 6) is 0. The third-order valence-electron chi connectivity index (χ3n) is 0.192. The Kier molecular flexibility index (Phi) is 36.6. The van der Waals surface area contributed by atoms with Crippen LogP contribution in [0.15, 0.2) is 25.7 Å². The van der Waals surface area contributed by atoms with Crippen LogP contribution in [0.2, 0.25) is 0 Å². The number of hydrogen-bond acceptors (Lipinski definition) is 1. The zero-order chi connectivity index (χ0) is 4.12. The van der Waals surface area contributed by atoms with Gasteiger partial charge in [0, 0.05) is 0 Å². The minimum atomic E-state index is 0. The van der Waals surface area contributed by atoms with E-state index in [0.717, 1.165) is 0 Å². The second-order valence-corrected chi connectivity index (χ2v) is 0.469. The molecule has 0 fully saturated rings. The van der Waals surface area contributed by atoms with Gasteiger partial charge in [0.1, 0.15) is 0 Å². The Morgan fingerprint density at radius 3 is 1.43 bits per heavy atom. The van der Waals surface area contributed by atoms with Crippen LogP contribution in [0.5, 0.6) is 0 Å². The molecule has 0 aliphatic carbocycles. The Bertz CT molecular complexity index is 39.0. The van der Waals surface area contributed by atoms with Crippen molar-refractivity contribution in [3.05, 3.63) is 25.7 Å². The molecule has 0 unspecified atom stereocenters. The van der Waals surface area contributed by atoms with Gasteiger partial charge in [-0.25, -0.2) is 0 Å². The number of ether oxygens (including phenoxy) is 1. The standard InChI is InChI=1S/C4H6O.Na.H2O.H/c1-3-5-4-2;;;/h3-4H,1-2H2;;1H2;. The molecule has 0 amide bonds. The van der Waals surface area contributed by atoms with Crippen LogP contribution in [-0.2, 0) is 4.74 Å². The first-order valence-electron chi connectivity index (χ1n) is 1.29. The summed E-state index contributed by atoms with van der Waals surface area (Å²) in [5.41, 5.74) is 0. The molecule has 0 rings (SSSR count). The van der Waals surface area contributed by atoms with Crippen LogP contribution in [-0.4, -0.2) is 35.0 Å². The zero-order valence-corrected chi connectivity index (χ0v) is 3.48. The van der Waals surface area contributed by atoms with Crippen LogP contribution >= 0.6 is 0 Å². The second kappa shape index (κ2) is 16.3. The van der Waals surface area contributed by atoms with E-state index in [1.165, 1.54) is 12.5 Å². The molecule has 0 saturated carbocycles. The van der Waals surface area contributed by atoms with Crippen molar-refractivity contribution in [3.63, 3.8) is 0 Å². The normalized spacial score (nSPS) is 4.00. The molecule has 0 radical (unpaired) electrons. The fourth-order valence-corrected chi connectivity index (χ4v) is 0.0680. The monoisotopic (exact) mass is 112 g/mol. The molecule has 0 aromatic carbocycles. The van der Waals surface area contributed by atoms with Gasteiger partial charge in [-0.3, -0.25) is 0 Å². The molecule has 0 aliphatic heterocycles. The summed E-state index contributed by atoms with van der Waals surface area (Å²) >= 11 is 0. The maximum absolute atomic E-state index is 4.36. The van der Waals surface area contributed by atoms with Crippen molar-refractivity contribution in [2.75, 3.05) is 0 Å². The fourth-order valence-electron chi connectivity index (χ4n) is 0.0680. The number of hydrogen-bond donors (Lipinski definition) is 0. The molecular weight excluding hydrogens is 103 g/mol. The van der Waals surface area contributed by atoms with Crippen molar-refractivity contribution < 1.29 is 10.2 Å². The topological polar surface area (TPSA) is 40.7 Å².